The van der Waals surface area contributed by atoms with Crippen LogP contribution in [0, 0.1) is 6.92 Å². The van der Waals surface area contributed by atoms with Gasteiger partial charge in [0.1, 0.15) is 6.33 Å². The molecule has 1 aromatic heterocycles. The highest BCUT2D eigenvalue weighted by molar-refractivity contribution is 7.99. The summed E-state index contributed by atoms with van der Waals surface area (Å²) in [5.74, 6) is 0.454. The maximum atomic E-state index is 12.5. The van der Waals surface area contributed by atoms with Crippen molar-refractivity contribution in [3.63, 3.8) is 0 Å². The molecule has 6 nitrogen and oxygen atoms in total. The van der Waals surface area contributed by atoms with Gasteiger partial charge >= 0.3 is 0 Å². The molecular formula is C17H22N4O2S. The van der Waals surface area contributed by atoms with Gasteiger partial charge in [0.25, 0.3) is 0 Å². The molecule has 0 aliphatic carbocycles. The van der Waals surface area contributed by atoms with Gasteiger partial charge in [0.2, 0.25) is 5.91 Å². The highest BCUT2D eigenvalue weighted by atomic mass is 32.2. The van der Waals surface area contributed by atoms with Gasteiger partial charge in [0.15, 0.2) is 5.16 Å². The lowest BCUT2D eigenvalue weighted by Gasteiger charge is -2.38. The molecule has 0 unspecified atom stereocenters. The van der Waals surface area contributed by atoms with Crippen molar-refractivity contribution >= 4 is 17.7 Å². The minimum atomic E-state index is -0.277. The molecule has 0 bridgehead atoms. The fraction of sp³-hybridized carbons (Fsp3) is 0.471. The van der Waals surface area contributed by atoms with Crippen LogP contribution >= 0.6 is 11.8 Å². The standard InChI is InChI=1S/C17H22N4O2S/c1-13-4-6-14(7-5-13)21-12-18-19-16(21)24-10-15(22)20-8-9-23-17(2,3)11-20/h4-7,12H,8-11H2,1-3H3. The van der Waals surface area contributed by atoms with E-state index in [1.54, 1.807) is 6.33 Å². The number of ether oxygens (including phenoxy) is 1. The zero-order valence-corrected chi connectivity index (χ0v) is 15.0. The van der Waals surface area contributed by atoms with Crippen LogP contribution in [-0.4, -0.2) is 56.6 Å². The maximum Gasteiger partial charge on any atom is 0.233 e. The zero-order chi connectivity index (χ0) is 17.2. The quantitative estimate of drug-likeness (QED) is 0.795. The fourth-order valence-corrected chi connectivity index (χ4v) is 3.48. The van der Waals surface area contributed by atoms with Gasteiger partial charge in [-0.05, 0) is 32.9 Å². The van der Waals surface area contributed by atoms with Crippen LogP contribution in [0.2, 0.25) is 0 Å². The van der Waals surface area contributed by atoms with E-state index < -0.39 is 0 Å². The lowest BCUT2D eigenvalue weighted by molar-refractivity contribution is -0.143. The Bertz CT molecular complexity index is 712. The van der Waals surface area contributed by atoms with Gasteiger partial charge in [-0.1, -0.05) is 29.5 Å². The lowest BCUT2D eigenvalue weighted by Crippen LogP contribution is -2.51. The van der Waals surface area contributed by atoms with Crippen LogP contribution in [0.5, 0.6) is 0 Å². The van der Waals surface area contributed by atoms with Crippen molar-refractivity contribution in [3.8, 4) is 5.69 Å². The van der Waals surface area contributed by atoms with Crippen LogP contribution in [0.4, 0.5) is 0 Å². The first kappa shape index (κ1) is 17.0. The van der Waals surface area contributed by atoms with Crippen molar-refractivity contribution in [1.82, 2.24) is 19.7 Å². The normalized spacial score (nSPS) is 17.0. The van der Waals surface area contributed by atoms with Crippen LogP contribution < -0.4 is 0 Å². The number of nitrogens with zero attached hydrogens (tertiary/aromatic N) is 4. The molecule has 1 aliphatic rings. The number of hydrogen-bond acceptors (Lipinski definition) is 5. The minimum Gasteiger partial charge on any atom is -0.372 e. The van der Waals surface area contributed by atoms with Crippen molar-refractivity contribution in [2.75, 3.05) is 25.4 Å². The van der Waals surface area contributed by atoms with Gasteiger partial charge in [-0.2, -0.15) is 0 Å². The van der Waals surface area contributed by atoms with Crippen molar-refractivity contribution in [2.24, 2.45) is 0 Å². The molecule has 0 N–H and O–H groups in total. The van der Waals surface area contributed by atoms with Crippen molar-refractivity contribution in [1.29, 1.82) is 0 Å². The summed E-state index contributed by atoms with van der Waals surface area (Å²) in [4.78, 5) is 14.3. The van der Waals surface area contributed by atoms with E-state index in [4.69, 9.17) is 4.74 Å². The molecule has 2 heterocycles. The predicted molar refractivity (Wildman–Crippen MR) is 93.4 cm³/mol. The number of morpholine rings is 1. The summed E-state index contributed by atoms with van der Waals surface area (Å²) in [5.41, 5.74) is 1.92. The molecule has 1 fully saturated rings. The second-order valence-electron chi connectivity index (χ2n) is 6.53. The number of benzene rings is 1. The van der Waals surface area contributed by atoms with E-state index in [1.165, 1.54) is 17.3 Å². The minimum absolute atomic E-state index is 0.106. The second-order valence-corrected chi connectivity index (χ2v) is 7.47. The average Bonchev–Trinajstić information content (AvgIpc) is 3.01. The van der Waals surface area contributed by atoms with Gasteiger partial charge in [0.05, 0.1) is 18.0 Å². The predicted octanol–water partition coefficient (Wildman–Crippen LogP) is 2.31. The molecule has 1 aromatic carbocycles. The van der Waals surface area contributed by atoms with Gasteiger partial charge < -0.3 is 9.64 Å². The summed E-state index contributed by atoms with van der Waals surface area (Å²) < 4.78 is 7.56. The van der Waals surface area contributed by atoms with Crippen LogP contribution in [0.15, 0.2) is 35.7 Å². The summed E-state index contributed by atoms with van der Waals surface area (Å²) >= 11 is 1.41. The van der Waals surface area contributed by atoms with Crippen molar-refractivity contribution in [2.45, 2.75) is 31.5 Å². The molecule has 0 spiro atoms. The van der Waals surface area contributed by atoms with E-state index in [0.717, 1.165) is 10.8 Å². The third-order valence-corrected chi connectivity index (χ3v) is 4.86. The summed E-state index contributed by atoms with van der Waals surface area (Å²) in [7, 11) is 0. The van der Waals surface area contributed by atoms with E-state index >= 15 is 0 Å². The highest BCUT2D eigenvalue weighted by Gasteiger charge is 2.29. The number of carbonyl (C=O) groups is 1. The number of hydrogen-bond donors (Lipinski definition) is 0. The maximum absolute atomic E-state index is 12.5. The molecule has 128 valence electrons. The fourth-order valence-electron chi connectivity index (χ4n) is 2.65. The number of rotatable bonds is 4. The third kappa shape index (κ3) is 3.96. The van der Waals surface area contributed by atoms with Gasteiger partial charge in [-0.15, -0.1) is 10.2 Å². The Balaban J connectivity index is 1.64. The van der Waals surface area contributed by atoms with Crippen LogP contribution in [-0.2, 0) is 9.53 Å². The first-order valence-electron chi connectivity index (χ1n) is 7.96. The van der Waals surface area contributed by atoms with E-state index in [1.807, 2.05) is 54.5 Å². The largest absolute Gasteiger partial charge is 0.372 e. The average molecular weight is 346 g/mol. The van der Waals surface area contributed by atoms with Crippen molar-refractivity contribution in [3.05, 3.63) is 36.2 Å². The number of thioether (sulfide) groups is 1. The topological polar surface area (TPSA) is 60.2 Å². The van der Waals surface area contributed by atoms with E-state index in [0.29, 0.717) is 25.4 Å². The van der Waals surface area contributed by atoms with Gasteiger partial charge in [-0.25, -0.2) is 0 Å². The molecule has 1 amide bonds. The van der Waals surface area contributed by atoms with E-state index in [2.05, 4.69) is 10.2 Å². The summed E-state index contributed by atoms with van der Waals surface area (Å²) in [6.07, 6.45) is 1.68. The highest BCUT2D eigenvalue weighted by Crippen LogP contribution is 2.22. The van der Waals surface area contributed by atoms with E-state index in [-0.39, 0.29) is 11.5 Å². The first-order chi connectivity index (χ1) is 11.4. The Labute approximate surface area is 146 Å². The Hall–Kier alpha value is -1.86. The molecule has 2 aromatic rings. The van der Waals surface area contributed by atoms with E-state index in [9.17, 15) is 4.79 Å². The van der Waals surface area contributed by atoms with Crippen LogP contribution in [0.25, 0.3) is 5.69 Å². The Morgan fingerprint density at radius 1 is 1.33 bits per heavy atom. The van der Waals surface area contributed by atoms with Crippen molar-refractivity contribution < 1.29 is 9.53 Å². The molecule has 1 aliphatic heterocycles. The first-order valence-corrected chi connectivity index (χ1v) is 8.95. The monoisotopic (exact) mass is 346 g/mol. The Kier molecular flexibility index (Phi) is 4.91. The lowest BCUT2D eigenvalue weighted by atomic mass is 10.1. The van der Waals surface area contributed by atoms with Crippen LogP contribution in [0.1, 0.15) is 19.4 Å². The smallest absolute Gasteiger partial charge is 0.233 e. The number of carbonyl (C=O) groups excluding carboxylic acids is 1. The molecular weight excluding hydrogens is 324 g/mol. The zero-order valence-electron chi connectivity index (χ0n) is 14.2. The molecule has 24 heavy (non-hydrogen) atoms. The summed E-state index contributed by atoms with van der Waals surface area (Å²) in [5, 5.41) is 8.84. The molecule has 0 atom stereocenters. The molecule has 1 saturated heterocycles. The Morgan fingerprint density at radius 2 is 2.08 bits per heavy atom. The van der Waals surface area contributed by atoms with Gasteiger partial charge in [-0.3, -0.25) is 9.36 Å². The summed E-state index contributed by atoms with van der Waals surface area (Å²) in [6, 6.07) is 8.14. The Morgan fingerprint density at radius 3 is 2.79 bits per heavy atom. The second kappa shape index (κ2) is 6.94. The number of amides is 1. The molecule has 7 heteroatoms. The molecule has 0 saturated carbocycles. The molecule has 3 rings (SSSR count). The third-order valence-electron chi connectivity index (χ3n) is 3.93. The molecule has 0 radical (unpaired) electrons. The SMILES string of the molecule is Cc1ccc(-n2cnnc2SCC(=O)N2CCOC(C)(C)C2)cc1. The van der Waals surface area contributed by atoms with Crippen LogP contribution in [0.3, 0.4) is 0 Å². The number of aromatic nitrogens is 3. The van der Waals surface area contributed by atoms with Gasteiger partial charge in [0, 0.05) is 18.8 Å². The number of aryl methyl sites for hydroxylation is 1. The summed E-state index contributed by atoms with van der Waals surface area (Å²) in [6.45, 7) is 7.92.